The van der Waals surface area contributed by atoms with Crippen molar-refractivity contribution in [1.82, 2.24) is 10.2 Å². The fourth-order valence-electron chi connectivity index (χ4n) is 1.17. The molecule has 2 atom stereocenters. The van der Waals surface area contributed by atoms with E-state index in [1.807, 2.05) is 0 Å². The summed E-state index contributed by atoms with van der Waals surface area (Å²) in [5.41, 5.74) is 0. The molecule has 2 amide bonds. The van der Waals surface area contributed by atoms with E-state index in [-0.39, 0.29) is 11.1 Å². The maximum atomic E-state index is 11.5. The molecule has 1 aliphatic rings. The molecule has 0 spiro atoms. The molecule has 0 bridgehead atoms. The molecule has 90 valence electrons. The van der Waals surface area contributed by atoms with Gasteiger partial charge in [0.2, 0.25) is 0 Å². The Labute approximate surface area is 103 Å². The number of carbonyl (C=O) groups is 1. The van der Waals surface area contributed by atoms with Crippen molar-refractivity contribution in [3.05, 3.63) is 22.2 Å². The molecular weight excluding hydrogens is 255 g/mol. The van der Waals surface area contributed by atoms with Gasteiger partial charge in [0, 0.05) is 14.1 Å². The minimum atomic E-state index is -0.751. The molecule has 0 saturated heterocycles. The molecule has 7 heteroatoms. The van der Waals surface area contributed by atoms with Gasteiger partial charge < -0.3 is 10.2 Å². The number of halogens is 2. The highest BCUT2D eigenvalue weighted by Crippen LogP contribution is 2.27. The normalized spacial score (nSPS) is 24.6. The molecule has 0 radical (unpaired) electrons. The molecule has 0 saturated carbocycles. The Morgan fingerprint density at radius 3 is 2.69 bits per heavy atom. The zero-order valence-electron chi connectivity index (χ0n) is 8.78. The second-order valence-corrected chi connectivity index (χ2v) is 4.26. The third-order valence-corrected chi connectivity index (χ3v) is 2.93. The van der Waals surface area contributed by atoms with Crippen LogP contribution in [0.4, 0.5) is 4.79 Å². The molecule has 0 aromatic heterocycles. The molecule has 1 rings (SSSR count). The standard InChI is InChI=1S/C9H12Cl2N2O3/c1-13(2)9(14)12-8-6(16-15)4-3-5(10)7(8)11/h3-4,6,8,15H,1-2H3,(H,12,14). The van der Waals surface area contributed by atoms with Crippen molar-refractivity contribution in [2.75, 3.05) is 14.1 Å². The average Bonchev–Trinajstić information content (AvgIpc) is 2.25. The Bertz CT molecular complexity index is 342. The highest BCUT2D eigenvalue weighted by atomic mass is 35.5. The Morgan fingerprint density at radius 1 is 1.56 bits per heavy atom. The highest BCUT2D eigenvalue weighted by Gasteiger charge is 2.30. The topological polar surface area (TPSA) is 61.8 Å². The first-order chi connectivity index (χ1) is 7.47. The van der Waals surface area contributed by atoms with Gasteiger partial charge >= 0.3 is 6.03 Å². The fraction of sp³-hybridized carbons (Fsp3) is 0.444. The van der Waals surface area contributed by atoms with E-state index in [9.17, 15) is 4.79 Å². The van der Waals surface area contributed by atoms with Crippen LogP contribution in [0.2, 0.25) is 0 Å². The lowest BCUT2D eigenvalue weighted by molar-refractivity contribution is -0.268. The molecule has 0 aromatic rings. The molecule has 2 unspecified atom stereocenters. The molecular formula is C9H12Cl2N2O3. The number of amides is 2. The van der Waals surface area contributed by atoms with Gasteiger partial charge in [0.15, 0.2) is 0 Å². The predicted octanol–water partition coefficient (Wildman–Crippen LogP) is 1.74. The Hall–Kier alpha value is -0.750. The van der Waals surface area contributed by atoms with Crippen LogP contribution in [0.15, 0.2) is 22.2 Å². The molecule has 5 nitrogen and oxygen atoms in total. The highest BCUT2D eigenvalue weighted by molar-refractivity contribution is 6.40. The van der Waals surface area contributed by atoms with Crippen LogP contribution in [0.1, 0.15) is 0 Å². The summed E-state index contributed by atoms with van der Waals surface area (Å²) in [7, 11) is 3.17. The van der Waals surface area contributed by atoms with Crippen LogP contribution in [0.25, 0.3) is 0 Å². The van der Waals surface area contributed by atoms with Crippen molar-refractivity contribution < 1.29 is 14.9 Å². The van der Waals surface area contributed by atoms with Gasteiger partial charge in [0.25, 0.3) is 0 Å². The van der Waals surface area contributed by atoms with Crippen molar-refractivity contribution in [3.8, 4) is 0 Å². The lowest BCUT2D eigenvalue weighted by atomic mass is 10.1. The van der Waals surface area contributed by atoms with Crippen molar-refractivity contribution in [1.29, 1.82) is 0 Å². The summed E-state index contributed by atoms with van der Waals surface area (Å²) in [5.74, 6) is 0. The summed E-state index contributed by atoms with van der Waals surface area (Å²) >= 11 is 11.7. The van der Waals surface area contributed by atoms with E-state index in [1.165, 1.54) is 17.1 Å². The predicted molar refractivity (Wildman–Crippen MR) is 61.4 cm³/mol. The molecule has 1 aliphatic carbocycles. The van der Waals surface area contributed by atoms with Gasteiger partial charge in [-0.05, 0) is 12.2 Å². The lowest BCUT2D eigenvalue weighted by Crippen LogP contribution is -2.48. The molecule has 2 N–H and O–H groups in total. The van der Waals surface area contributed by atoms with Gasteiger partial charge in [0.05, 0.1) is 10.1 Å². The van der Waals surface area contributed by atoms with Crippen molar-refractivity contribution in [2.24, 2.45) is 0 Å². The van der Waals surface area contributed by atoms with Crippen molar-refractivity contribution >= 4 is 29.2 Å². The first-order valence-corrected chi connectivity index (χ1v) is 5.24. The van der Waals surface area contributed by atoms with Crippen LogP contribution in [-0.2, 0) is 4.89 Å². The van der Waals surface area contributed by atoms with Gasteiger partial charge in [0.1, 0.15) is 12.1 Å². The number of nitrogens with zero attached hydrogens (tertiary/aromatic N) is 1. The van der Waals surface area contributed by atoms with E-state index >= 15 is 0 Å². The van der Waals surface area contributed by atoms with E-state index in [0.29, 0.717) is 5.03 Å². The summed E-state index contributed by atoms with van der Waals surface area (Å²) < 4.78 is 0. The second kappa shape index (κ2) is 5.54. The zero-order chi connectivity index (χ0) is 12.3. The lowest BCUT2D eigenvalue weighted by Gasteiger charge is -2.27. The third-order valence-electron chi connectivity index (χ3n) is 2.07. The summed E-state index contributed by atoms with van der Waals surface area (Å²) in [4.78, 5) is 17.0. The summed E-state index contributed by atoms with van der Waals surface area (Å²) in [5, 5.41) is 11.8. The Kier molecular flexibility index (Phi) is 4.61. The van der Waals surface area contributed by atoms with Crippen molar-refractivity contribution in [2.45, 2.75) is 12.1 Å². The van der Waals surface area contributed by atoms with Crippen LogP contribution in [0, 0.1) is 0 Å². The third kappa shape index (κ3) is 2.89. The average molecular weight is 267 g/mol. The van der Waals surface area contributed by atoms with Gasteiger partial charge in [-0.1, -0.05) is 23.2 Å². The van der Waals surface area contributed by atoms with E-state index in [4.69, 9.17) is 28.5 Å². The van der Waals surface area contributed by atoms with Crippen LogP contribution < -0.4 is 5.32 Å². The zero-order valence-corrected chi connectivity index (χ0v) is 10.3. The molecule has 0 heterocycles. The van der Waals surface area contributed by atoms with Gasteiger partial charge in [-0.2, -0.15) is 0 Å². The molecule has 16 heavy (non-hydrogen) atoms. The number of hydrogen-bond acceptors (Lipinski definition) is 3. The van der Waals surface area contributed by atoms with E-state index < -0.39 is 12.1 Å². The van der Waals surface area contributed by atoms with E-state index in [2.05, 4.69) is 10.2 Å². The number of allylic oxidation sites excluding steroid dienone is 2. The van der Waals surface area contributed by atoms with E-state index in [0.717, 1.165) is 0 Å². The fourth-order valence-corrected chi connectivity index (χ4v) is 1.60. The monoisotopic (exact) mass is 266 g/mol. The maximum absolute atomic E-state index is 11.5. The van der Waals surface area contributed by atoms with Crippen LogP contribution >= 0.6 is 23.2 Å². The van der Waals surface area contributed by atoms with E-state index in [1.54, 1.807) is 14.1 Å². The SMILES string of the molecule is CN(C)C(=O)NC1C(Cl)=C(Cl)C=CC1OO. The van der Waals surface area contributed by atoms with Crippen LogP contribution in [0.3, 0.4) is 0 Å². The Balaban J connectivity index is 2.83. The molecule has 0 aliphatic heterocycles. The molecule has 0 fully saturated rings. The minimum absolute atomic E-state index is 0.221. The van der Waals surface area contributed by atoms with Gasteiger partial charge in [-0.3, -0.25) is 5.26 Å². The number of nitrogens with one attached hydrogen (secondary N) is 1. The first-order valence-electron chi connectivity index (χ1n) is 4.48. The Morgan fingerprint density at radius 2 is 2.19 bits per heavy atom. The van der Waals surface area contributed by atoms with Crippen LogP contribution in [0.5, 0.6) is 0 Å². The largest absolute Gasteiger partial charge is 0.331 e. The molecule has 0 aromatic carbocycles. The summed E-state index contributed by atoms with van der Waals surface area (Å²) in [6, 6.07) is -1.05. The number of carbonyl (C=O) groups excluding carboxylic acids is 1. The summed E-state index contributed by atoms with van der Waals surface area (Å²) in [6.45, 7) is 0. The maximum Gasteiger partial charge on any atom is 0.317 e. The van der Waals surface area contributed by atoms with Crippen molar-refractivity contribution in [3.63, 3.8) is 0 Å². The second-order valence-electron chi connectivity index (χ2n) is 3.45. The van der Waals surface area contributed by atoms with Gasteiger partial charge in [-0.25, -0.2) is 9.68 Å². The first kappa shape index (κ1) is 13.3. The number of rotatable bonds is 2. The van der Waals surface area contributed by atoms with Crippen LogP contribution in [-0.4, -0.2) is 42.4 Å². The number of hydrogen-bond donors (Lipinski definition) is 2. The van der Waals surface area contributed by atoms with Gasteiger partial charge in [-0.15, -0.1) is 0 Å². The minimum Gasteiger partial charge on any atom is -0.331 e. The number of urea groups is 1. The smallest absolute Gasteiger partial charge is 0.317 e. The summed E-state index contributed by atoms with van der Waals surface area (Å²) in [6.07, 6.45) is 2.26. The quantitative estimate of drug-likeness (QED) is 0.591.